The molecule has 1 fully saturated rings. The zero-order chi connectivity index (χ0) is 25.1. The van der Waals surface area contributed by atoms with Crippen LogP contribution in [0.2, 0.25) is 0 Å². The normalized spacial score (nSPS) is 20.2. The molecule has 3 aromatic carbocycles. The smallest absolute Gasteiger partial charge is 0.229 e. The van der Waals surface area contributed by atoms with Crippen molar-refractivity contribution in [3.05, 3.63) is 95.1 Å². The van der Waals surface area contributed by atoms with Gasteiger partial charge in [0, 0.05) is 18.8 Å². The third-order valence-corrected chi connectivity index (χ3v) is 7.27. The van der Waals surface area contributed by atoms with Gasteiger partial charge in [0.2, 0.25) is 11.8 Å². The lowest BCUT2D eigenvalue weighted by molar-refractivity contribution is -0.140. The molecule has 0 radical (unpaired) electrons. The number of β-amino-alcohol motifs (C(OH)–C–C–N with tert-alkyl or cyclic N) is 1. The summed E-state index contributed by atoms with van der Waals surface area (Å²) in [4.78, 5) is 24.7. The van der Waals surface area contributed by atoms with E-state index in [-0.39, 0.29) is 43.7 Å². The fourth-order valence-corrected chi connectivity index (χ4v) is 5.45. The Balaban J connectivity index is 1.33. The van der Waals surface area contributed by atoms with Gasteiger partial charge >= 0.3 is 0 Å². The highest BCUT2D eigenvalue weighted by Gasteiger charge is 2.33. The van der Waals surface area contributed by atoms with Crippen molar-refractivity contribution < 1.29 is 24.2 Å². The van der Waals surface area contributed by atoms with Crippen LogP contribution in [0.3, 0.4) is 0 Å². The van der Waals surface area contributed by atoms with Crippen LogP contribution in [0.5, 0.6) is 11.5 Å². The Bertz CT molecular complexity index is 1210. The molecule has 0 saturated carbocycles. The minimum Gasteiger partial charge on any atom is -0.497 e. The van der Waals surface area contributed by atoms with E-state index in [0.29, 0.717) is 11.7 Å². The highest BCUT2D eigenvalue weighted by Crippen LogP contribution is 2.47. The van der Waals surface area contributed by atoms with E-state index >= 15 is 0 Å². The predicted molar refractivity (Wildman–Crippen MR) is 136 cm³/mol. The molecule has 186 valence electrons. The summed E-state index contributed by atoms with van der Waals surface area (Å²) in [5.41, 5.74) is 5.18. The van der Waals surface area contributed by atoms with E-state index in [1.54, 1.807) is 7.11 Å². The number of fused-ring (bicyclic) bond motifs is 1. The summed E-state index contributed by atoms with van der Waals surface area (Å²) >= 11 is 0. The Hall–Kier alpha value is -3.64. The molecule has 1 aliphatic heterocycles. The Morgan fingerprint density at radius 2 is 1.58 bits per heavy atom. The molecule has 3 aromatic rings. The number of methoxy groups -OCH3 is 1. The van der Waals surface area contributed by atoms with Crippen molar-refractivity contribution >= 4 is 11.8 Å². The van der Waals surface area contributed by atoms with Gasteiger partial charge in [-0.3, -0.25) is 14.5 Å². The third-order valence-electron chi connectivity index (χ3n) is 7.27. The van der Waals surface area contributed by atoms with E-state index in [0.717, 1.165) is 23.5 Å². The Morgan fingerprint density at radius 1 is 0.889 bits per heavy atom. The molecule has 5 rings (SSSR count). The summed E-state index contributed by atoms with van der Waals surface area (Å²) in [6.45, 7) is -0.0219. The van der Waals surface area contributed by atoms with Gasteiger partial charge in [-0.1, -0.05) is 48.5 Å². The molecule has 0 aromatic heterocycles. The summed E-state index contributed by atoms with van der Waals surface area (Å²) in [5.74, 6) is 1.61. The number of hydrogen-bond donors (Lipinski definition) is 1. The SMILES string of the molecule is COc1ccc2c(c1)CCC(c1ccccc1)C2c1ccc(OCC(O)CN2C(=O)CCC2=O)cc1. The van der Waals surface area contributed by atoms with Crippen LogP contribution < -0.4 is 9.47 Å². The molecule has 6 heteroatoms. The fourth-order valence-electron chi connectivity index (χ4n) is 5.45. The lowest BCUT2D eigenvalue weighted by Crippen LogP contribution is -2.38. The molecule has 3 atom stereocenters. The highest BCUT2D eigenvalue weighted by atomic mass is 16.5. The van der Waals surface area contributed by atoms with E-state index in [4.69, 9.17) is 9.47 Å². The topological polar surface area (TPSA) is 76.1 Å². The van der Waals surface area contributed by atoms with E-state index in [9.17, 15) is 14.7 Å². The lowest BCUT2D eigenvalue weighted by Gasteiger charge is -2.35. The van der Waals surface area contributed by atoms with Crippen molar-refractivity contribution in [2.75, 3.05) is 20.3 Å². The van der Waals surface area contributed by atoms with Gasteiger partial charge in [-0.2, -0.15) is 0 Å². The zero-order valence-corrected chi connectivity index (χ0v) is 20.4. The third kappa shape index (κ3) is 5.00. The number of amides is 2. The number of aliphatic hydroxyl groups is 1. The van der Waals surface area contributed by atoms with Crippen molar-refractivity contribution in [1.29, 1.82) is 0 Å². The van der Waals surface area contributed by atoms with Crippen LogP contribution in [0.1, 0.15) is 53.4 Å². The van der Waals surface area contributed by atoms with Gasteiger partial charge < -0.3 is 14.6 Å². The minimum atomic E-state index is -0.932. The average Bonchev–Trinajstić information content (AvgIpc) is 3.23. The Labute approximate surface area is 211 Å². The monoisotopic (exact) mass is 485 g/mol. The molecule has 1 heterocycles. The molecule has 6 nitrogen and oxygen atoms in total. The minimum absolute atomic E-state index is 0.00903. The van der Waals surface area contributed by atoms with Crippen LogP contribution in [-0.2, 0) is 16.0 Å². The summed E-state index contributed by atoms with van der Waals surface area (Å²) in [6.07, 6.45) is 1.55. The van der Waals surface area contributed by atoms with E-state index < -0.39 is 6.10 Å². The summed E-state index contributed by atoms with van der Waals surface area (Å²) in [7, 11) is 1.70. The second-order valence-corrected chi connectivity index (χ2v) is 9.53. The largest absolute Gasteiger partial charge is 0.497 e. The van der Waals surface area contributed by atoms with Crippen LogP contribution >= 0.6 is 0 Å². The first kappa shape index (κ1) is 24.1. The van der Waals surface area contributed by atoms with Crippen LogP contribution in [0.15, 0.2) is 72.8 Å². The number of rotatable bonds is 8. The molecule has 2 amide bonds. The van der Waals surface area contributed by atoms with E-state index in [1.165, 1.54) is 22.3 Å². The first-order valence-corrected chi connectivity index (χ1v) is 12.5. The number of carbonyl (C=O) groups is 2. The molecule has 36 heavy (non-hydrogen) atoms. The van der Waals surface area contributed by atoms with Crippen molar-refractivity contribution in [3.63, 3.8) is 0 Å². The molecule has 1 N–H and O–H groups in total. The van der Waals surface area contributed by atoms with Gasteiger partial charge in [0.05, 0.1) is 13.7 Å². The van der Waals surface area contributed by atoms with Crippen molar-refractivity contribution in [3.8, 4) is 11.5 Å². The number of nitrogens with zero attached hydrogens (tertiary/aromatic N) is 1. The molecule has 0 spiro atoms. The number of hydrogen-bond acceptors (Lipinski definition) is 5. The number of aliphatic hydroxyl groups excluding tert-OH is 1. The Kier molecular flexibility index (Phi) is 7.05. The van der Waals surface area contributed by atoms with E-state index in [2.05, 4.69) is 54.6 Å². The van der Waals surface area contributed by atoms with Crippen molar-refractivity contribution in [2.24, 2.45) is 0 Å². The summed E-state index contributed by atoms with van der Waals surface area (Å²) in [5, 5.41) is 10.3. The second kappa shape index (κ2) is 10.5. The van der Waals surface area contributed by atoms with Gasteiger partial charge in [0.15, 0.2) is 0 Å². The number of benzene rings is 3. The van der Waals surface area contributed by atoms with Gasteiger partial charge in [-0.15, -0.1) is 0 Å². The standard InChI is InChI=1S/C30H31NO5/c1-35-25-12-14-27-22(17-25)9-13-26(20-5-3-2-4-6-20)30(27)21-7-10-24(11-8-21)36-19-23(32)18-31-28(33)15-16-29(31)34/h2-8,10-12,14,17,23,26,30,32H,9,13,15-16,18-19H2,1H3. The molecule has 3 unspecified atom stereocenters. The Morgan fingerprint density at radius 3 is 2.28 bits per heavy atom. The first-order valence-electron chi connectivity index (χ1n) is 12.5. The molecular formula is C30H31NO5. The number of carbonyl (C=O) groups excluding carboxylic acids is 2. The molecular weight excluding hydrogens is 454 g/mol. The molecule has 1 saturated heterocycles. The molecule has 2 aliphatic rings. The molecule has 1 aliphatic carbocycles. The lowest BCUT2D eigenvalue weighted by atomic mass is 9.69. The second-order valence-electron chi connectivity index (χ2n) is 9.53. The van der Waals surface area contributed by atoms with E-state index in [1.807, 2.05) is 18.2 Å². The zero-order valence-electron chi connectivity index (χ0n) is 20.4. The predicted octanol–water partition coefficient (Wildman–Crippen LogP) is 4.45. The average molecular weight is 486 g/mol. The number of aryl methyl sites for hydroxylation is 1. The van der Waals surface area contributed by atoms with Crippen LogP contribution in [0.4, 0.5) is 0 Å². The maximum absolute atomic E-state index is 11.8. The van der Waals surface area contributed by atoms with Crippen LogP contribution in [-0.4, -0.2) is 48.2 Å². The van der Waals surface area contributed by atoms with Gasteiger partial charge in [-0.05, 0) is 65.3 Å². The number of ether oxygens (including phenoxy) is 2. The van der Waals surface area contributed by atoms with Gasteiger partial charge in [0.1, 0.15) is 24.2 Å². The van der Waals surface area contributed by atoms with Crippen LogP contribution in [0, 0.1) is 0 Å². The maximum atomic E-state index is 11.8. The first-order chi connectivity index (χ1) is 17.5. The van der Waals surface area contributed by atoms with Gasteiger partial charge in [0.25, 0.3) is 0 Å². The van der Waals surface area contributed by atoms with Crippen LogP contribution in [0.25, 0.3) is 0 Å². The summed E-state index contributed by atoms with van der Waals surface area (Å²) in [6, 6.07) is 25.1. The number of imide groups is 1. The molecule has 0 bridgehead atoms. The summed E-state index contributed by atoms with van der Waals surface area (Å²) < 4.78 is 11.3. The van der Waals surface area contributed by atoms with Gasteiger partial charge in [-0.25, -0.2) is 0 Å². The fraction of sp³-hybridized carbons (Fsp3) is 0.333. The highest BCUT2D eigenvalue weighted by molar-refractivity contribution is 6.01. The van der Waals surface area contributed by atoms with Crippen molar-refractivity contribution in [2.45, 2.75) is 43.6 Å². The van der Waals surface area contributed by atoms with Crippen molar-refractivity contribution in [1.82, 2.24) is 4.90 Å². The number of likely N-dealkylation sites (tertiary alicyclic amines) is 1. The maximum Gasteiger partial charge on any atom is 0.229 e. The quantitative estimate of drug-likeness (QED) is 0.477.